The van der Waals surface area contributed by atoms with E-state index in [9.17, 15) is 9.59 Å². The van der Waals surface area contributed by atoms with Gasteiger partial charge in [-0.2, -0.15) is 0 Å². The molecule has 0 fully saturated rings. The fourth-order valence-corrected chi connectivity index (χ4v) is 4.67. The van der Waals surface area contributed by atoms with E-state index < -0.39 is 5.54 Å². The van der Waals surface area contributed by atoms with Crippen LogP contribution >= 0.6 is 22.9 Å². The van der Waals surface area contributed by atoms with Crippen LogP contribution in [0.5, 0.6) is 0 Å². The van der Waals surface area contributed by atoms with Gasteiger partial charge in [0.2, 0.25) is 5.91 Å². The number of benzene rings is 1. The van der Waals surface area contributed by atoms with Gasteiger partial charge in [-0.05, 0) is 48.7 Å². The third kappa shape index (κ3) is 2.99. The van der Waals surface area contributed by atoms with Crippen LogP contribution in [0.4, 0.5) is 5.69 Å². The molecule has 1 aliphatic heterocycles. The maximum Gasteiger partial charge on any atom is 0.275 e. The Morgan fingerprint density at radius 1 is 1.32 bits per heavy atom. The first-order valence-electron chi connectivity index (χ1n) is 8.90. The summed E-state index contributed by atoms with van der Waals surface area (Å²) in [6.07, 6.45) is 0. The summed E-state index contributed by atoms with van der Waals surface area (Å²) >= 11 is 7.59. The van der Waals surface area contributed by atoms with Gasteiger partial charge in [0.1, 0.15) is 16.1 Å². The number of carbonyl (C=O) groups excluding carboxylic acids is 2. The van der Waals surface area contributed by atoms with Crippen LogP contribution in [0.2, 0.25) is 5.02 Å². The molecule has 8 heteroatoms. The summed E-state index contributed by atoms with van der Waals surface area (Å²) in [5, 5.41) is 6.47. The molecule has 146 valence electrons. The Morgan fingerprint density at radius 2 is 2.07 bits per heavy atom. The molecule has 0 radical (unpaired) electrons. The zero-order valence-electron chi connectivity index (χ0n) is 15.6. The number of carbonyl (C=O) groups is 2. The maximum absolute atomic E-state index is 13.5. The van der Waals surface area contributed by atoms with Crippen LogP contribution in [0.3, 0.4) is 0 Å². The molecule has 1 N–H and O–H groups in total. The van der Waals surface area contributed by atoms with Crippen molar-refractivity contribution in [2.75, 3.05) is 25.2 Å². The molecule has 2 amide bonds. The third-order valence-corrected chi connectivity index (χ3v) is 6.25. The Morgan fingerprint density at radius 3 is 2.79 bits per heavy atom. The van der Waals surface area contributed by atoms with Gasteiger partial charge >= 0.3 is 0 Å². The second kappa shape index (κ2) is 7.24. The molecule has 3 heterocycles. The highest BCUT2D eigenvalue weighted by molar-refractivity contribution is 7.16. The van der Waals surface area contributed by atoms with Crippen LogP contribution in [0.1, 0.15) is 17.4 Å². The Labute approximate surface area is 171 Å². The molecule has 4 rings (SSSR count). The second-order valence-corrected chi connectivity index (χ2v) is 8.27. The first kappa shape index (κ1) is 19.0. The van der Waals surface area contributed by atoms with Crippen molar-refractivity contribution in [2.45, 2.75) is 19.0 Å². The van der Waals surface area contributed by atoms with Crippen LogP contribution < -0.4 is 10.2 Å². The highest BCUT2D eigenvalue weighted by Crippen LogP contribution is 2.37. The van der Waals surface area contributed by atoms with Crippen LogP contribution in [0.25, 0.3) is 10.2 Å². The van der Waals surface area contributed by atoms with Gasteiger partial charge in [0.05, 0.1) is 13.2 Å². The predicted molar refractivity (Wildman–Crippen MR) is 111 cm³/mol. The first-order chi connectivity index (χ1) is 13.5. The zero-order valence-corrected chi connectivity index (χ0v) is 17.1. The number of nitrogens with one attached hydrogen (secondary N) is 1. The van der Waals surface area contributed by atoms with Crippen molar-refractivity contribution in [3.8, 4) is 0 Å². The molecule has 6 nitrogen and oxygen atoms in total. The molecular weight excluding hydrogens is 398 g/mol. The molecule has 0 saturated heterocycles. The van der Waals surface area contributed by atoms with E-state index in [1.807, 2.05) is 22.1 Å². The number of thiophene rings is 1. The van der Waals surface area contributed by atoms with Crippen molar-refractivity contribution < 1.29 is 14.3 Å². The van der Waals surface area contributed by atoms with E-state index in [1.165, 1.54) is 0 Å². The van der Waals surface area contributed by atoms with Crippen LogP contribution in [-0.4, -0.2) is 42.2 Å². The number of methoxy groups -OCH3 is 1. The minimum Gasteiger partial charge on any atom is -0.383 e. The lowest BCUT2D eigenvalue weighted by molar-refractivity contribution is -0.126. The van der Waals surface area contributed by atoms with E-state index in [0.29, 0.717) is 36.1 Å². The Kier molecular flexibility index (Phi) is 4.91. The number of nitrogens with zero attached hydrogens (tertiary/aromatic N) is 2. The average molecular weight is 418 g/mol. The van der Waals surface area contributed by atoms with Crippen molar-refractivity contribution in [3.05, 3.63) is 52.5 Å². The van der Waals surface area contributed by atoms with Crippen molar-refractivity contribution in [1.29, 1.82) is 0 Å². The lowest BCUT2D eigenvalue weighted by Crippen LogP contribution is -2.64. The molecule has 1 aliphatic rings. The molecule has 0 spiro atoms. The summed E-state index contributed by atoms with van der Waals surface area (Å²) in [5.74, 6) is -0.432. The Hall–Kier alpha value is -2.35. The van der Waals surface area contributed by atoms with Crippen molar-refractivity contribution in [2.24, 2.45) is 0 Å². The molecule has 1 aromatic carbocycles. The molecule has 0 bridgehead atoms. The minimum atomic E-state index is -1.10. The van der Waals surface area contributed by atoms with Crippen molar-refractivity contribution >= 4 is 50.7 Å². The minimum absolute atomic E-state index is 0.207. The van der Waals surface area contributed by atoms with Gasteiger partial charge in [0.25, 0.3) is 5.91 Å². The molecule has 0 unspecified atom stereocenters. The topological polar surface area (TPSA) is 63.6 Å². The van der Waals surface area contributed by atoms with Crippen LogP contribution in [0.15, 0.2) is 41.8 Å². The number of aromatic nitrogens is 1. The molecular formula is C20H20ClN3O3S. The van der Waals surface area contributed by atoms with Crippen molar-refractivity contribution in [1.82, 2.24) is 9.88 Å². The highest BCUT2D eigenvalue weighted by Gasteiger charge is 2.48. The standard InChI is InChI=1S/C20H20ClN3O3S/c1-20(19(26)22-8-9-27-2)12-23-16(11-13-7-10-28-18(13)23)17(25)24(20)15-5-3-14(21)4-6-15/h3-7,10-11H,8-9,12H2,1-2H3,(H,22,26)/t20-/m0/s1. The number of fused-ring (bicyclic) bond motifs is 3. The number of rotatable bonds is 5. The fourth-order valence-electron chi connectivity index (χ4n) is 3.65. The molecule has 3 aromatic rings. The van der Waals surface area contributed by atoms with Gasteiger partial charge < -0.3 is 14.6 Å². The molecule has 2 aromatic heterocycles. The summed E-state index contributed by atoms with van der Waals surface area (Å²) in [6, 6.07) is 10.9. The largest absolute Gasteiger partial charge is 0.383 e. The summed E-state index contributed by atoms with van der Waals surface area (Å²) in [5.41, 5.74) is 0.121. The number of hydrogen-bond donors (Lipinski definition) is 1. The second-order valence-electron chi connectivity index (χ2n) is 6.94. The zero-order chi connectivity index (χ0) is 19.9. The molecule has 28 heavy (non-hydrogen) atoms. The predicted octanol–water partition coefficient (Wildman–Crippen LogP) is 3.54. The van der Waals surface area contributed by atoms with Crippen LogP contribution in [-0.2, 0) is 16.1 Å². The summed E-state index contributed by atoms with van der Waals surface area (Å²) in [6.45, 7) is 2.94. The number of amides is 2. The maximum atomic E-state index is 13.5. The van der Waals surface area contributed by atoms with E-state index in [4.69, 9.17) is 16.3 Å². The van der Waals surface area contributed by atoms with Crippen LogP contribution in [0, 0.1) is 0 Å². The van der Waals surface area contributed by atoms with E-state index in [1.54, 1.807) is 54.5 Å². The smallest absolute Gasteiger partial charge is 0.275 e. The van der Waals surface area contributed by atoms with Gasteiger partial charge in [-0.25, -0.2) is 0 Å². The summed E-state index contributed by atoms with van der Waals surface area (Å²) in [7, 11) is 1.58. The van der Waals surface area contributed by atoms with E-state index in [2.05, 4.69) is 5.32 Å². The summed E-state index contributed by atoms with van der Waals surface area (Å²) in [4.78, 5) is 29.3. The number of halogens is 1. The molecule has 1 atom stereocenters. The highest BCUT2D eigenvalue weighted by atomic mass is 35.5. The lowest BCUT2D eigenvalue weighted by atomic mass is 9.94. The normalized spacial score (nSPS) is 19.1. The first-order valence-corrected chi connectivity index (χ1v) is 10.2. The quantitative estimate of drug-likeness (QED) is 0.646. The Bertz CT molecular complexity index is 1040. The third-order valence-electron chi connectivity index (χ3n) is 5.05. The number of ether oxygens (including phenoxy) is 1. The van der Waals surface area contributed by atoms with Crippen molar-refractivity contribution in [3.63, 3.8) is 0 Å². The van der Waals surface area contributed by atoms with Gasteiger partial charge in [-0.3, -0.25) is 14.5 Å². The molecule has 0 saturated carbocycles. The average Bonchev–Trinajstić information content (AvgIpc) is 3.26. The van der Waals surface area contributed by atoms with E-state index in [-0.39, 0.29) is 11.8 Å². The van der Waals surface area contributed by atoms with Gasteiger partial charge in [0.15, 0.2) is 0 Å². The lowest BCUT2D eigenvalue weighted by Gasteiger charge is -2.43. The van der Waals surface area contributed by atoms with E-state index in [0.717, 1.165) is 10.2 Å². The molecule has 0 aliphatic carbocycles. The fraction of sp³-hybridized carbons (Fsp3) is 0.300. The monoisotopic (exact) mass is 417 g/mol. The van der Waals surface area contributed by atoms with E-state index >= 15 is 0 Å². The SMILES string of the molecule is COCCNC(=O)[C@]1(C)Cn2c(cc3ccsc32)C(=O)N1c1ccc(Cl)cc1. The van der Waals surface area contributed by atoms with Gasteiger partial charge in [-0.1, -0.05) is 11.6 Å². The van der Waals surface area contributed by atoms with Gasteiger partial charge in [-0.15, -0.1) is 11.3 Å². The number of anilines is 1. The summed E-state index contributed by atoms with van der Waals surface area (Å²) < 4.78 is 6.98. The number of hydrogen-bond acceptors (Lipinski definition) is 4. The Balaban J connectivity index is 1.82. The van der Waals surface area contributed by atoms with Gasteiger partial charge in [0, 0.05) is 29.8 Å².